The van der Waals surface area contributed by atoms with E-state index in [1.54, 1.807) is 19.9 Å². The summed E-state index contributed by atoms with van der Waals surface area (Å²) in [6.07, 6.45) is 0. The molecule has 0 aromatic heterocycles. The molecule has 7 heteroatoms. The second kappa shape index (κ2) is 5.58. The fraction of sp³-hybridized carbons (Fsp3) is 0.417. The smallest absolute Gasteiger partial charge is 0.321 e. The first-order valence-electron chi connectivity index (χ1n) is 5.60. The van der Waals surface area contributed by atoms with Crippen LogP contribution in [0.1, 0.15) is 11.1 Å². The van der Waals surface area contributed by atoms with Gasteiger partial charge in [-0.3, -0.25) is 4.79 Å². The molecule has 0 aliphatic carbocycles. The normalized spacial score (nSPS) is 11.6. The van der Waals surface area contributed by atoms with Gasteiger partial charge in [-0.15, -0.1) is 0 Å². The van der Waals surface area contributed by atoms with Gasteiger partial charge in [0.1, 0.15) is 6.54 Å². The number of likely N-dealkylation sites (N-methyl/N-ethyl adjacent to an activating group) is 1. The Morgan fingerprint density at radius 3 is 2.47 bits per heavy atom. The van der Waals surface area contributed by atoms with Crippen LogP contribution in [0.4, 0.5) is 5.69 Å². The zero-order valence-corrected chi connectivity index (χ0v) is 12.2. The molecule has 1 aromatic carbocycles. The number of nitrogen functional groups attached to an aromatic ring is 1. The van der Waals surface area contributed by atoms with Crippen molar-refractivity contribution in [3.8, 4) is 0 Å². The highest BCUT2D eigenvalue weighted by atomic mass is 32.2. The fourth-order valence-corrected chi connectivity index (χ4v) is 3.07. The molecule has 0 saturated carbocycles. The quantitative estimate of drug-likeness (QED) is 0.649. The van der Waals surface area contributed by atoms with Crippen LogP contribution in [-0.2, 0) is 19.6 Å². The van der Waals surface area contributed by atoms with Gasteiger partial charge in [0.05, 0.1) is 12.0 Å². The van der Waals surface area contributed by atoms with E-state index in [9.17, 15) is 13.2 Å². The van der Waals surface area contributed by atoms with Gasteiger partial charge in [-0.05, 0) is 37.1 Å². The van der Waals surface area contributed by atoms with Gasteiger partial charge in [0.2, 0.25) is 10.0 Å². The molecule has 1 aromatic rings. The van der Waals surface area contributed by atoms with E-state index < -0.39 is 16.0 Å². The molecule has 106 valence electrons. The van der Waals surface area contributed by atoms with Crippen LogP contribution in [0.5, 0.6) is 0 Å². The molecule has 0 bridgehead atoms. The number of carbonyl (C=O) groups excluding carboxylic acids is 1. The molecule has 0 spiro atoms. The van der Waals surface area contributed by atoms with Crippen molar-refractivity contribution >= 4 is 21.7 Å². The van der Waals surface area contributed by atoms with Crippen LogP contribution in [-0.4, -0.2) is 39.4 Å². The molecule has 2 N–H and O–H groups in total. The van der Waals surface area contributed by atoms with E-state index in [1.807, 2.05) is 0 Å². The van der Waals surface area contributed by atoms with Crippen molar-refractivity contribution in [2.45, 2.75) is 18.7 Å². The number of hydrogen-bond acceptors (Lipinski definition) is 5. The molecule has 0 aliphatic heterocycles. The van der Waals surface area contributed by atoms with Crippen LogP contribution in [0.15, 0.2) is 17.0 Å². The first-order chi connectivity index (χ1) is 8.70. The van der Waals surface area contributed by atoms with Gasteiger partial charge in [-0.1, -0.05) is 0 Å². The second-order valence-electron chi connectivity index (χ2n) is 4.30. The van der Waals surface area contributed by atoms with Gasteiger partial charge in [0.25, 0.3) is 0 Å². The molecule has 0 heterocycles. The largest absolute Gasteiger partial charge is 0.468 e. The maximum absolute atomic E-state index is 12.4. The lowest BCUT2D eigenvalue weighted by atomic mass is 10.1. The molecule has 0 fully saturated rings. The van der Waals surface area contributed by atoms with E-state index >= 15 is 0 Å². The summed E-state index contributed by atoms with van der Waals surface area (Å²) in [5.41, 5.74) is 7.45. The highest BCUT2D eigenvalue weighted by Crippen LogP contribution is 2.24. The van der Waals surface area contributed by atoms with E-state index in [0.29, 0.717) is 11.3 Å². The lowest BCUT2D eigenvalue weighted by Gasteiger charge is -2.18. The molecule has 0 radical (unpaired) electrons. The van der Waals surface area contributed by atoms with Crippen molar-refractivity contribution in [2.75, 3.05) is 26.4 Å². The zero-order valence-electron chi connectivity index (χ0n) is 11.4. The Bertz CT molecular complexity index is 596. The lowest BCUT2D eigenvalue weighted by Crippen LogP contribution is -2.33. The van der Waals surface area contributed by atoms with Gasteiger partial charge in [-0.25, -0.2) is 8.42 Å². The van der Waals surface area contributed by atoms with Crippen LogP contribution in [0, 0.1) is 13.8 Å². The number of aryl methyl sites for hydroxylation is 1. The molecular formula is C12H18N2O4S. The average molecular weight is 286 g/mol. The van der Waals surface area contributed by atoms with Crippen molar-refractivity contribution < 1.29 is 17.9 Å². The molecule has 0 saturated heterocycles. The Hall–Kier alpha value is -1.60. The van der Waals surface area contributed by atoms with Crippen molar-refractivity contribution in [1.82, 2.24) is 4.31 Å². The molecule has 19 heavy (non-hydrogen) atoms. The third-order valence-electron chi connectivity index (χ3n) is 2.91. The minimum Gasteiger partial charge on any atom is -0.468 e. The van der Waals surface area contributed by atoms with Gasteiger partial charge < -0.3 is 10.5 Å². The van der Waals surface area contributed by atoms with Crippen LogP contribution >= 0.6 is 0 Å². The summed E-state index contributed by atoms with van der Waals surface area (Å²) in [6.45, 7) is 3.14. The first kappa shape index (κ1) is 15.5. The first-order valence-corrected chi connectivity index (χ1v) is 7.04. The third kappa shape index (κ3) is 3.24. The summed E-state index contributed by atoms with van der Waals surface area (Å²) in [4.78, 5) is 11.3. The topological polar surface area (TPSA) is 89.7 Å². The summed E-state index contributed by atoms with van der Waals surface area (Å²) < 4.78 is 30.1. The number of ether oxygens (including phenoxy) is 1. The average Bonchev–Trinajstić information content (AvgIpc) is 2.33. The summed E-state index contributed by atoms with van der Waals surface area (Å²) in [5.74, 6) is -0.621. The highest BCUT2D eigenvalue weighted by Gasteiger charge is 2.25. The minimum atomic E-state index is -3.77. The van der Waals surface area contributed by atoms with Crippen molar-refractivity contribution in [3.63, 3.8) is 0 Å². The van der Waals surface area contributed by atoms with E-state index in [0.717, 1.165) is 9.87 Å². The Labute approximate surface area is 113 Å². The molecule has 6 nitrogen and oxygen atoms in total. The number of sulfonamides is 1. The standard InChI is InChI=1S/C12H18N2O4S/c1-8-5-10(13)6-11(9(8)2)19(16,17)14(3)7-12(15)18-4/h5-6H,7,13H2,1-4H3. The summed E-state index contributed by atoms with van der Waals surface area (Å²) >= 11 is 0. The third-order valence-corrected chi connectivity index (χ3v) is 4.84. The van der Waals surface area contributed by atoms with Gasteiger partial charge in [-0.2, -0.15) is 4.31 Å². The molecule has 0 amide bonds. The number of carbonyl (C=O) groups is 1. The van der Waals surface area contributed by atoms with Crippen LogP contribution in [0.25, 0.3) is 0 Å². The second-order valence-corrected chi connectivity index (χ2v) is 6.31. The SMILES string of the molecule is COC(=O)CN(C)S(=O)(=O)c1cc(N)cc(C)c1C. The van der Waals surface area contributed by atoms with Gasteiger partial charge >= 0.3 is 5.97 Å². The molecule has 0 unspecified atom stereocenters. The van der Waals surface area contributed by atoms with Crippen LogP contribution in [0.2, 0.25) is 0 Å². The van der Waals surface area contributed by atoms with Gasteiger partial charge in [0, 0.05) is 12.7 Å². The summed E-state index contributed by atoms with van der Waals surface area (Å²) in [6, 6.07) is 3.10. The van der Waals surface area contributed by atoms with Crippen molar-refractivity contribution in [3.05, 3.63) is 23.3 Å². The molecule has 0 atom stereocenters. The zero-order chi connectivity index (χ0) is 14.8. The number of esters is 1. The van der Waals surface area contributed by atoms with E-state index in [-0.39, 0.29) is 11.4 Å². The number of anilines is 1. The number of hydrogen-bond donors (Lipinski definition) is 1. The van der Waals surface area contributed by atoms with E-state index in [1.165, 1.54) is 20.2 Å². The van der Waals surface area contributed by atoms with E-state index in [2.05, 4.69) is 4.74 Å². The molecule has 1 rings (SSSR count). The highest BCUT2D eigenvalue weighted by molar-refractivity contribution is 7.89. The number of nitrogens with two attached hydrogens (primary N) is 1. The van der Waals surface area contributed by atoms with Crippen LogP contribution < -0.4 is 5.73 Å². The predicted octanol–water partition coefficient (Wildman–Crippen LogP) is 0.679. The fourth-order valence-electron chi connectivity index (χ4n) is 1.62. The van der Waals surface area contributed by atoms with Gasteiger partial charge in [0.15, 0.2) is 0 Å². The number of rotatable bonds is 4. The monoisotopic (exact) mass is 286 g/mol. The summed E-state index contributed by atoms with van der Waals surface area (Å²) in [5, 5.41) is 0. The van der Waals surface area contributed by atoms with Crippen LogP contribution in [0.3, 0.4) is 0 Å². The Morgan fingerprint density at radius 1 is 1.37 bits per heavy atom. The lowest BCUT2D eigenvalue weighted by molar-refractivity contribution is -0.140. The van der Waals surface area contributed by atoms with Crippen molar-refractivity contribution in [1.29, 1.82) is 0 Å². The maximum atomic E-state index is 12.4. The number of benzene rings is 1. The Balaban J connectivity index is 3.24. The van der Waals surface area contributed by atoms with Crippen molar-refractivity contribution in [2.24, 2.45) is 0 Å². The maximum Gasteiger partial charge on any atom is 0.321 e. The Kier molecular flexibility index (Phi) is 4.54. The number of nitrogens with zero attached hydrogens (tertiary/aromatic N) is 1. The van der Waals surface area contributed by atoms with E-state index in [4.69, 9.17) is 5.73 Å². The molecule has 0 aliphatic rings. The summed E-state index contributed by atoms with van der Waals surface area (Å²) in [7, 11) is -1.24. The predicted molar refractivity (Wildman–Crippen MR) is 72.2 cm³/mol. The minimum absolute atomic E-state index is 0.108. The number of methoxy groups -OCH3 is 1. The molecular weight excluding hydrogens is 268 g/mol. The Morgan fingerprint density at radius 2 is 1.95 bits per heavy atom.